The number of aromatic nitrogens is 2. The first kappa shape index (κ1) is 8.56. The highest BCUT2D eigenvalue weighted by molar-refractivity contribution is 5.38. The summed E-state index contributed by atoms with van der Waals surface area (Å²) < 4.78 is 0. The molecule has 4 N–H and O–H groups in total. The third-order valence-electron chi connectivity index (χ3n) is 2.58. The summed E-state index contributed by atoms with van der Waals surface area (Å²) in [5.41, 5.74) is 6.96. The summed E-state index contributed by atoms with van der Waals surface area (Å²) in [6.07, 6.45) is 8.38. The summed E-state index contributed by atoms with van der Waals surface area (Å²) in [6.45, 7) is 0. The molecule has 0 aliphatic heterocycles. The minimum absolute atomic E-state index is 0.373. The minimum Gasteiger partial charge on any atom is -0.380 e. The number of rotatable bonds is 2. The van der Waals surface area contributed by atoms with Crippen molar-refractivity contribution >= 4 is 5.69 Å². The highest BCUT2D eigenvalue weighted by Crippen LogP contribution is 2.20. The first-order valence-electron chi connectivity index (χ1n) is 4.85. The van der Waals surface area contributed by atoms with Crippen LogP contribution in [0.1, 0.15) is 25.7 Å². The monoisotopic (exact) mass is 180 g/mol. The number of hydrogen-bond donors (Lipinski definition) is 3. The summed E-state index contributed by atoms with van der Waals surface area (Å²) in [4.78, 5) is 0. The van der Waals surface area contributed by atoms with Gasteiger partial charge in [-0.1, -0.05) is 0 Å². The highest BCUT2D eigenvalue weighted by Gasteiger charge is 2.18. The van der Waals surface area contributed by atoms with Crippen molar-refractivity contribution in [1.82, 2.24) is 10.2 Å². The largest absolute Gasteiger partial charge is 0.380 e. The Labute approximate surface area is 77.9 Å². The van der Waals surface area contributed by atoms with E-state index in [1.807, 2.05) is 6.20 Å². The second-order valence-electron chi connectivity index (χ2n) is 3.75. The predicted molar refractivity (Wildman–Crippen MR) is 52.4 cm³/mol. The third-order valence-corrected chi connectivity index (χ3v) is 2.58. The maximum atomic E-state index is 5.89. The number of aromatic amines is 1. The molecule has 0 radical (unpaired) electrons. The van der Waals surface area contributed by atoms with Crippen LogP contribution in [0, 0.1) is 0 Å². The van der Waals surface area contributed by atoms with E-state index >= 15 is 0 Å². The zero-order chi connectivity index (χ0) is 9.10. The molecule has 1 fully saturated rings. The van der Waals surface area contributed by atoms with Gasteiger partial charge in [0.15, 0.2) is 0 Å². The molecule has 13 heavy (non-hydrogen) atoms. The molecular formula is C9H16N4. The number of anilines is 1. The van der Waals surface area contributed by atoms with Crippen molar-refractivity contribution in [2.45, 2.75) is 37.8 Å². The van der Waals surface area contributed by atoms with E-state index in [1.165, 1.54) is 19.3 Å². The fourth-order valence-electron chi connectivity index (χ4n) is 1.92. The van der Waals surface area contributed by atoms with Crippen molar-refractivity contribution in [2.75, 3.05) is 5.32 Å². The van der Waals surface area contributed by atoms with Crippen molar-refractivity contribution < 1.29 is 0 Å². The highest BCUT2D eigenvalue weighted by atomic mass is 15.1. The van der Waals surface area contributed by atoms with Crippen LogP contribution in [0.3, 0.4) is 0 Å². The van der Waals surface area contributed by atoms with Crippen molar-refractivity contribution in [3.8, 4) is 0 Å². The lowest BCUT2D eigenvalue weighted by atomic mass is 9.91. The van der Waals surface area contributed by atoms with E-state index in [2.05, 4.69) is 15.5 Å². The fraction of sp³-hybridized carbons (Fsp3) is 0.667. The van der Waals surface area contributed by atoms with Gasteiger partial charge in [-0.05, 0) is 25.7 Å². The standard InChI is InChI=1S/C9H16N4/c10-7-2-1-3-8(4-7)13-9-5-11-12-6-9/h5-8,13H,1-4,10H2,(H,11,12). The van der Waals surface area contributed by atoms with Crippen LogP contribution in [-0.4, -0.2) is 22.3 Å². The zero-order valence-electron chi connectivity index (χ0n) is 7.66. The van der Waals surface area contributed by atoms with Gasteiger partial charge in [0.1, 0.15) is 0 Å². The number of hydrogen-bond acceptors (Lipinski definition) is 3. The van der Waals surface area contributed by atoms with Crippen molar-refractivity contribution in [2.24, 2.45) is 5.73 Å². The maximum Gasteiger partial charge on any atom is 0.0725 e. The van der Waals surface area contributed by atoms with Crippen LogP contribution < -0.4 is 11.1 Å². The predicted octanol–water partition coefficient (Wildman–Crippen LogP) is 1.09. The molecule has 4 nitrogen and oxygen atoms in total. The molecule has 1 aliphatic rings. The maximum absolute atomic E-state index is 5.89. The first-order valence-corrected chi connectivity index (χ1v) is 4.85. The van der Waals surface area contributed by atoms with Gasteiger partial charge in [-0.25, -0.2) is 0 Å². The van der Waals surface area contributed by atoms with Gasteiger partial charge in [0.25, 0.3) is 0 Å². The molecule has 0 saturated heterocycles. The summed E-state index contributed by atoms with van der Waals surface area (Å²) in [5.74, 6) is 0. The fourth-order valence-corrected chi connectivity index (χ4v) is 1.92. The quantitative estimate of drug-likeness (QED) is 0.638. The lowest BCUT2D eigenvalue weighted by Crippen LogP contribution is -2.34. The number of nitrogens with one attached hydrogen (secondary N) is 2. The van der Waals surface area contributed by atoms with Crippen LogP contribution in [0.2, 0.25) is 0 Å². The van der Waals surface area contributed by atoms with E-state index in [4.69, 9.17) is 5.73 Å². The molecule has 1 saturated carbocycles. The van der Waals surface area contributed by atoms with Crippen LogP contribution in [0.4, 0.5) is 5.69 Å². The van der Waals surface area contributed by atoms with Crippen molar-refractivity contribution in [3.05, 3.63) is 12.4 Å². The second kappa shape index (κ2) is 3.79. The molecular weight excluding hydrogens is 164 g/mol. The Morgan fingerprint density at radius 1 is 1.54 bits per heavy atom. The molecule has 2 rings (SSSR count). The molecule has 0 spiro atoms. The van der Waals surface area contributed by atoms with Crippen molar-refractivity contribution in [1.29, 1.82) is 0 Å². The third kappa shape index (κ3) is 2.21. The van der Waals surface area contributed by atoms with Crippen LogP contribution in [0.25, 0.3) is 0 Å². The lowest BCUT2D eigenvalue weighted by Gasteiger charge is -2.27. The van der Waals surface area contributed by atoms with Gasteiger partial charge in [-0.15, -0.1) is 0 Å². The van der Waals surface area contributed by atoms with Gasteiger partial charge in [-0.3, -0.25) is 5.10 Å². The zero-order valence-corrected chi connectivity index (χ0v) is 7.66. The average Bonchev–Trinajstić information content (AvgIpc) is 2.57. The van der Waals surface area contributed by atoms with E-state index in [9.17, 15) is 0 Å². The Morgan fingerprint density at radius 3 is 3.15 bits per heavy atom. The molecule has 0 bridgehead atoms. The van der Waals surface area contributed by atoms with Gasteiger partial charge in [-0.2, -0.15) is 5.10 Å². The normalized spacial score (nSPS) is 28.7. The number of nitrogens with two attached hydrogens (primary N) is 1. The average molecular weight is 180 g/mol. The van der Waals surface area contributed by atoms with Gasteiger partial charge in [0.05, 0.1) is 11.9 Å². The van der Waals surface area contributed by atoms with Gasteiger partial charge < -0.3 is 11.1 Å². The molecule has 4 heteroatoms. The molecule has 0 aromatic carbocycles. The molecule has 1 aliphatic carbocycles. The summed E-state index contributed by atoms with van der Waals surface area (Å²) in [6, 6.07) is 0.902. The first-order chi connectivity index (χ1) is 6.34. The summed E-state index contributed by atoms with van der Waals surface area (Å²) >= 11 is 0. The van der Waals surface area contributed by atoms with Crippen LogP contribution in [0.5, 0.6) is 0 Å². The molecule has 1 aromatic heterocycles. The van der Waals surface area contributed by atoms with E-state index < -0.39 is 0 Å². The molecule has 2 unspecified atom stereocenters. The SMILES string of the molecule is NC1CCCC(Nc2cn[nH]c2)C1. The Hall–Kier alpha value is -1.03. The molecule has 2 atom stereocenters. The summed E-state index contributed by atoms with van der Waals surface area (Å²) in [5, 5.41) is 10.1. The summed E-state index contributed by atoms with van der Waals surface area (Å²) in [7, 11) is 0. The van der Waals surface area contributed by atoms with Gasteiger partial charge in [0, 0.05) is 18.3 Å². The Bertz CT molecular complexity index is 244. The number of nitrogens with zero attached hydrogens (tertiary/aromatic N) is 1. The van der Waals surface area contributed by atoms with Crippen LogP contribution in [-0.2, 0) is 0 Å². The van der Waals surface area contributed by atoms with E-state index in [0.717, 1.165) is 12.1 Å². The number of H-pyrrole nitrogens is 1. The molecule has 0 amide bonds. The van der Waals surface area contributed by atoms with E-state index in [1.54, 1.807) is 6.20 Å². The smallest absolute Gasteiger partial charge is 0.0725 e. The van der Waals surface area contributed by atoms with Gasteiger partial charge >= 0.3 is 0 Å². The molecule has 1 aromatic rings. The Balaban J connectivity index is 1.87. The van der Waals surface area contributed by atoms with Crippen molar-refractivity contribution in [3.63, 3.8) is 0 Å². The minimum atomic E-state index is 0.373. The van der Waals surface area contributed by atoms with Gasteiger partial charge in [0.2, 0.25) is 0 Å². The molecule has 72 valence electrons. The second-order valence-corrected chi connectivity index (χ2v) is 3.75. The Morgan fingerprint density at radius 2 is 2.46 bits per heavy atom. The van der Waals surface area contributed by atoms with Crippen LogP contribution in [0.15, 0.2) is 12.4 Å². The van der Waals surface area contributed by atoms with Crippen LogP contribution >= 0.6 is 0 Å². The Kier molecular flexibility index (Phi) is 2.49. The topological polar surface area (TPSA) is 66.7 Å². The van der Waals surface area contributed by atoms with E-state index in [-0.39, 0.29) is 0 Å². The lowest BCUT2D eigenvalue weighted by molar-refractivity contribution is 0.409. The van der Waals surface area contributed by atoms with E-state index in [0.29, 0.717) is 12.1 Å². The molecule has 1 heterocycles.